The number of hydrogen-bond acceptors (Lipinski definition) is 7. The second-order valence-corrected chi connectivity index (χ2v) is 8.33. The Balaban J connectivity index is 1.68. The van der Waals surface area contributed by atoms with Gasteiger partial charge in [-0.2, -0.15) is 0 Å². The van der Waals surface area contributed by atoms with Gasteiger partial charge in [-0.15, -0.1) is 0 Å². The van der Waals surface area contributed by atoms with E-state index >= 15 is 0 Å². The van der Waals surface area contributed by atoms with Crippen molar-refractivity contribution < 1.29 is 29.4 Å². The Labute approximate surface area is 185 Å². The summed E-state index contributed by atoms with van der Waals surface area (Å²) >= 11 is 0. The van der Waals surface area contributed by atoms with Gasteiger partial charge >= 0.3 is 5.97 Å². The Hall–Kier alpha value is -2.99. The summed E-state index contributed by atoms with van der Waals surface area (Å²) in [5, 5.41) is 22.1. The minimum absolute atomic E-state index is 0.170. The number of aromatic nitrogens is 2. The number of carboxylic acid groups (broad SMARTS) is 1. The zero-order valence-corrected chi connectivity index (χ0v) is 17.9. The van der Waals surface area contributed by atoms with Crippen molar-refractivity contribution >= 4 is 23.7 Å². The highest BCUT2D eigenvalue weighted by atomic mass is 16.4. The van der Waals surface area contributed by atoms with E-state index < -0.39 is 54.0 Å². The van der Waals surface area contributed by atoms with Crippen LogP contribution in [0.5, 0.6) is 0 Å². The van der Waals surface area contributed by atoms with Gasteiger partial charge in [-0.3, -0.25) is 14.4 Å². The quantitative estimate of drug-likeness (QED) is 0.308. The van der Waals surface area contributed by atoms with E-state index in [-0.39, 0.29) is 13.0 Å². The number of imidazole rings is 1. The average molecular weight is 450 g/mol. The first kappa shape index (κ1) is 23.7. The van der Waals surface area contributed by atoms with Gasteiger partial charge < -0.3 is 36.0 Å². The fraction of sp³-hybridized carbons (Fsp3) is 0.650. The van der Waals surface area contributed by atoms with Crippen molar-refractivity contribution in [2.45, 2.75) is 69.3 Å². The third-order valence-electron chi connectivity index (χ3n) is 6.02. The van der Waals surface area contributed by atoms with Crippen LogP contribution in [0.25, 0.3) is 0 Å². The molecule has 2 aliphatic heterocycles. The van der Waals surface area contributed by atoms with Crippen LogP contribution in [0.3, 0.4) is 0 Å². The first-order valence-electron chi connectivity index (χ1n) is 10.8. The number of aliphatic hydroxyl groups excluding tert-OH is 1. The van der Waals surface area contributed by atoms with Crippen LogP contribution in [-0.2, 0) is 25.6 Å². The van der Waals surface area contributed by atoms with Crippen LogP contribution < -0.4 is 11.1 Å². The lowest BCUT2D eigenvalue weighted by Crippen LogP contribution is -2.59. The molecule has 0 bridgehead atoms. The number of nitrogens with two attached hydrogens (primary N) is 1. The lowest BCUT2D eigenvalue weighted by atomic mass is 10.1. The number of aromatic amines is 1. The summed E-state index contributed by atoms with van der Waals surface area (Å²) in [6.45, 7) is 1.98. The van der Waals surface area contributed by atoms with Crippen molar-refractivity contribution in [2.24, 2.45) is 5.73 Å². The molecule has 6 N–H and O–H groups in total. The van der Waals surface area contributed by atoms with Crippen LogP contribution >= 0.6 is 0 Å². The zero-order chi connectivity index (χ0) is 23.4. The molecule has 0 aliphatic carbocycles. The fourth-order valence-electron chi connectivity index (χ4n) is 4.32. The maximum atomic E-state index is 13.2. The van der Waals surface area contributed by atoms with Crippen LogP contribution in [0.4, 0.5) is 0 Å². The molecule has 176 valence electrons. The second kappa shape index (κ2) is 10.1. The largest absolute Gasteiger partial charge is 0.480 e. The molecule has 12 heteroatoms. The number of aliphatic hydroxyl groups is 1. The number of carbonyl (C=O) groups is 4. The summed E-state index contributed by atoms with van der Waals surface area (Å²) in [5.41, 5.74) is 6.58. The summed E-state index contributed by atoms with van der Waals surface area (Å²) in [6, 6.07) is -3.97. The van der Waals surface area contributed by atoms with Crippen LogP contribution in [0.1, 0.15) is 38.3 Å². The molecule has 0 saturated carbocycles. The molecule has 32 heavy (non-hydrogen) atoms. The van der Waals surface area contributed by atoms with Crippen LogP contribution in [0, 0.1) is 0 Å². The van der Waals surface area contributed by atoms with Crippen LogP contribution in [0.15, 0.2) is 12.5 Å². The highest BCUT2D eigenvalue weighted by Crippen LogP contribution is 2.25. The van der Waals surface area contributed by atoms with Crippen LogP contribution in [0.2, 0.25) is 0 Å². The molecule has 0 spiro atoms. The van der Waals surface area contributed by atoms with Gasteiger partial charge in [-0.1, -0.05) is 0 Å². The molecular formula is C20H30N6O6. The van der Waals surface area contributed by atoms with Crippen molar-refractivity contribution in [1.82, 2.24) is 25.1 Å². The van der Waals surface area contributed by atoms with E-state index in [2.05, 4.69) is 15.3 Å². The van der Waals surface area contributed by atoms with E-state index in [4.69, 9.17) is 5.73 Å². The summed E-state index contributed by atoms with van der Waals surface area (Å²) in [6.07, 6.45) is 3.87. The number of carbonyl (C=O) groups excluding carboxylic acids is 3. The Bertz CT molecular complexity index is 844. The van der Waals surface area contributed by atoms with Gasteiger partial charge in [-0.05, 0) is 32.6 Å². The average Bonchev–Trinajstić information content (AvgIpc) is 3.51. The molecule has 2 saturated heterocycles. The Morgan fingerprint density at radius 2 is 1.88 bits per heavy atom. The van der Waals surface area contributed by atoms with E-state index in [1.807, 2.05) is 0 Å². The number of nitrogens with zero attached hydrogens (tertiary/aromatic N) is 3. The van der Waals surface area contributed by atoms with Crippen molar-refractivity contribution in [3.05, 3.63) is 18.2 Å². The molecule has 0 aromatic carbocycles. The topological polar surface area (TPSA) is 182 Å². The van der Waals surface area contributed by atoms with Crippen molar-refractivity contribution in [3.63, 3.8) is 0 Å². The first-order valence-corrected chi connectivity index (χ1v) is 10.8. The molecule has 5 unspecified atom stereocenters. The SMILES string of the molecule is CC(O)C(NC(=O)C(N)Cc1cnc[nH]1)C(=O)N1CCCC1C(=O)N1CCCC1C(=O)O. The number of H-pyrrole nitrogens is 1. The molecule has 3 rings (SSSR count). The fourth-order valence-corrected chi connectivity index (χ4v) is 4.32. The number of carboxylic acids is 1. The molecule has 0 radical (unpaired) electrons. The maximum absolute atomic E-state index is 13.2. The van der Waals surface area contributed by atoms with E-state index in [0.29, 0.717) is 37.9 Å². The summed E-state index contributed by atoms with van der Waals surface area (Å²) in [7, 11) is 0. The van der Waals surface area contributed by atoms with Gasteiger partial charge in [0.2, 0.25) is 17.7 Å². The summed E-state index contributed by atoms with van der Waals surface area (Å²) in [4.78, 5) is 59.7. The van der Waals surface area contributed by atoms with Gasteiger partial charge in [0, 0.05) is 31.4 Å². The smallest absolute Gasteiger partial charge is 0.326 e. The first-order chi connectivity index (χ1) is 15.2. The molecule has 1 aromatic heterocycles. The molecule has 2 fully saturated rings. The number of nitrogens with one attached hydrogen (secondary N) is 2. The highest BCUT2D eigenvalue weighted by Gasteiger charge is 2.44. The highest BCUT2D eigenvalue weighted by molar-refractivity contribution is 5.95. The molecule has 12 nitrogen and oxygen atoms in total. The third kappa shape index (κ3) is 5.07. The molecule has 2 aliphatic rings. The van der Waals surface area contributed by atoms with Gasteiger partial charge in [0.1, 0.15) is 18.1 Å². The molecule has 3 amide bonds. The van der Waals surface area contributed by atoms with Crippen molar-refractivity contribution in [2.75, 3.05) is 13.1 Å². The molecule has 5 atom stereocenters. The number of hydrogen-bond donors (Lipinski definition) is 5. The normalized spacial score (nSPS) is 23.6. The number of amides is 3. The number of rotatable bonds is 8. The van der Waals surface area contributed by atoms with Gasteiger partial charge in [0.25, 0.3) is 0 Å². The molecule has 3 heterocycles. The van der Waals surface area contributed by atoms with Crippen molar-refractivity contribution in [1.29, 1.82) is 0 Å². The van der Waals surface area contributed by atoms with E-state index in [0.717, 1.165) is 0 Å². The maximum Gasteiger partial charge on any atom is 0.326 e. The minimum Gasteiger partial charge on any atom is -0.480 e. The van der Waals surface area contributed by atoms with E-state index in [1.165, 1.54) is 29.2 Å². The number of aliphatic carboxylic acids is 1. The monoisotopic (exact) mass is 450 g/mol. The Kier molecular flexibility index (Phi) is 7.46. The van der Waals surface area contributed by atoms with Gasteiger partial charge in [0.05, 0.1) is 18.5 Å². The molecule has 1 aromatic rings. The van der Waals surface area contributed by atoms with Gasteiger partial charge in [-0.25, -0.2) is 9.78 Å². The van der Waals surface area contributed by atoms with E-state index in [9.17, 15) is 29.4 Å². The summed E-state index contributed by atoms with van der Waals surface area (Å²) in [5.74, 6) is -2.69. The van der Waals surface area contributed by atoms with Crippen LogP contribution in [-0.4, -0.2) is 97.0 Å². The van der Waals surface area contributed by atoms with Gasteiger partial charge in [0.15, 0.2) is 0 Å². The van der Waals surface area contributed by atoms with E-state index in [1.54, 1.807) is 0 Å². The third-order valence-corrected chi connectivity index (χ3v) is 6.02. The molecular weight excluding hydrogens is 420 g/mol. The predicted molar refractivity (Wildman–Crippen MR) is 111 cm³/mol. The zero-order valence-electron chi connectivity index (χ0n) is 17.9. The van der Waals surface area contributed by atoms with Crippen molar-refractivity contribution in [3.8, 4) is 0 Å². The standard InChI is InChI=1S/C20H30N6O6/c1-11(27)16(24-17(28)13(21)8-12-9-22-10-23-12)19(30)25-6-2-4-14(25)18(29)26-7-3-5-15(26)20(31)32/h9-11,13-16,27H,2-8,21H2,1H3,(H,22,23)(H,24,28)(H,31,32). The Morgan fingerprint density at radius 3 is 2.47 bits per heavy atom. The lowest BCUT2D eigenvalue weighted by Gasteiger charge is -2.33. The Morgan fingerprint density at radius 1 is 1.22 bits per heavy atom. The predicted octanol–water partition coefficient (Wildman–Crippen LogP) is -1.79. The lowest BCUT2D eigenvalue weighted by molar-refractivity contribution is -0.153. The number of likely N-dealkylation sites (tertiary alicyclic amines) is 2. The summed E-state index contributed by atoms with van der Waals surface area (Å²) < 4.78 is 0. The minimum atomic E-state index is -1.28. The second-order valence-electron chi connectivity index (χ2n) is 8.33.